The highest BCUT2D eigenvalue weighted by Gasteiger charge is 2.26. The third-order valence-corrected chi connectivity index (χ3v) is 5.51. The van der Waals surface area contributed by atoms with E-state index < -0.39 is 0 Å². The van der Waals surface area contributed by atoms with Crippen molar-refractivity contribution in [1.29, 1.82) is 0 Å². The van der Waals surface area contributed by atoms with Crippen molar-refractivity contribution in [3.63, 3.8) is 0 Å². The van der Waals surface area contributed by atoms with Gasteiger partial charge in [0.05, 0.1) is 11.7 Å². The Morgan fingerprint density at radius 3 is 2.40 bits per heavy atom. The van der Waals surface area contributed by atoms with Gasteiger partial charge in [-0.2, -0.15) is 0 Å². The van der Waals surface area contributed by atoms with E-state index in [1.54, 1.807) is 12.3 Å². The fraction of sp³-hybridized carbons (Fsp3) is 0.250. The van der Waals surface area contributed by atoms with E-state index in [9.17, 15) is 9.18 Å². The minimum atomic E-state index is -0.190. The first kappa shape index (κ1) is 20.0. The number of aromatic nitrogens is 1. The largest absolute Gasteiger partial charge is 0.367 e. The Morgan fingerprint density at radius 1 is 0.967 bits per heavy atom. The Balaban J connectivity index is 1.45. The van der Waals surface area contributed by atoms with Gasteiger partial charge >= 0.3 is 0 Å². The molecule has 30 heavy (non-hydrogen) atoms. The summed E-state index contributed by atoms with van der Waals surface area (Å²) in [6.07, 6.45) is 3.60. The van der Waals surface area contributed by atoms with Crippen molar-refractivity contribution in [2.45, 2.75) is 6.04 Å². The fourth-order valence-corrected chi connectivity index (χ4v) is 3.89. The van der Waals surface area contributed by atoms with E-state index in [0.29, 0.717) is 17.8 Å². The summed E-state index contributed by atoms with van der Waals surface area (Å²) in [5, 5.41) is 3.06. The summed E-state index contributed by atoms with van der Waals surface area (Å²) in [5.41, 5.74) is 2.35. The second-order valence-corrected chi connectivity index (χ2v) is 7.35. The Kier molecular flexibility index (Phi) is 6.35. The van der Waals surface area contributed by atoms with E-state index >= 15 is 0 Å². The number of carbonyl (C=O) groups excluding carboxylic acids is 1. The second kappa shape index (κ2) is 9.50. The molecule has 3 aromatic rings. The molecule has 0 spiro atoms. The number of nitrogens with zero attached hydrogens (tertiary/aromatic N) is 3. The van der Waals surface area contributed by atoms with Crippen LogP contribution in [0.1, 0.15) is 22.0 Å². The Morgan fingerprint density at radius 2 is 1.70 bits per heavy atom. The molecule has 0 unspecified atom stereocenters. The van der Waals surface area contributed by atoms with Gasteiger partial charge in [-0.3, -0.25) is 14.7 Å². The molecule has 1 aliphatic rings. The summed E-state index contributed by atoms with van der Waals surface area (Å²) >= 11 is 0. The molecule has 0 aliphatic carbocycles. The molecule has 154 valence electrons. The lowest BCUT2D eigenvalue weighted by Crippen LogP contribution is -2.50. The Labute approximate surface area is 176 Å². The van der Waals surface area contributed by atoms with Gasteiger partial charge < -0.3 is 10.2 Å². The lowest BCUT2D eigenvalue weighted by atomic mass is 10.1. The maximum Gasteiger partial charge on any atom is 0.251 e. The zero-order valence-corrected chi connectivity index (χ0v) is 16.7. The molecule has 1 aromatic heterocycles. The zero-order valence-electron chi connectivity index (χ0n) is 16.7. The Bertz CT molecular complexity index is 959. The van der Waals surface area contributed by atoms with Gasteiger partial charge in [-0.1, -0.05) is 36.4 Å². The van der Waals surface area contributed by atoms with Gasteiger partial charge in [-0.05, 0) is 35.9 Å². The summed E-state index contributed by atoms with van der Waals surface area (Å²) in [5.74, 6) is -0.278. The number of hydrogen-bond donors (Lipinski definition) is 1. The van der Waals surface area contributed by atoms with E-state index in [-0.39, 0.29) is 17.8 Å². The molecule has 0 bridgehead atoms. The topological polar surface area (TPSA) is 48.5 Å². The van der Waals surface area contributed by atoms with Crippen LogP contribution in [0.4, 0.5) is 10.1 Å². The van der Waals surface area contributed by atoms with Crippen LogP contribution in [0.5, 0.6) is 0 Å². The van der Waals surface area contributed by atoms with Gasteiger partial charge in [0.15, 0.2) is 0 Å². The van der Waals surface area contributed by atoms with Crippen LogP contribution < -0.4 is 10.2 Å². The number of amides is 1. The van der Waals surface area contributed by atoms with Crippen molar-refractivity contribution in [2.75, 3.05) is 37.6 Å². The minimum Gasteiger partial charge on any atom is -0.367 e. The van der Waals surface area contributed by atoms with Crippen molar-refractivity contribution in [2.24, 2.45) is 0 Å². The molecular formula is C24H25FN4O. The number of piperazine rings is 1. The van der Waals surface area contributed by atoms with Gasteiger partial charge in [0.2, 0.25) is 0 Å². The molecule has 0 saturated carbocycles. The van der Waals surface area contributed by atoms with Crippen LogP contribution in [0, 0.1) is 5.82 Å². The average Bonchev–Trinajstić information content (AvgIpc) is 2.81. The molecule has 4 rings (SSSR count). The van der Waals surface area contributed by atoms with Gasteiger partial charge in [0.1, 0.15) is 5.82 Å². The van der Waals surface area contributed by atoms with Crippen LogP contribution in [-0.2, 0) is 0 Å². The van der Waals surface area contributed by atoms with Crippen molar-refractivity contribution < 1.29 is 9.18 Å². The molecule has 1 atom stereocenters. The molecule has 1 amide bonds. The quantitative estimate of drug-likeness (QED) is 0.683. The molecule has 5 nitrogen and oxygen atoms in total. The molecule has 1 saturated heterocycles. The number of halogens is 1. The normalized spacial score (nSPS) is 15.6. The summed E-state index contributed by atoms with van der Waals surface area (Å²) in [6.45, 7) is 3.48. The highest BCUT2D eigenvalue weighted by molar-refractivity contribution is 5.94. The van der Waals surface area contributed by atoms with E-state index in [1.807, 2.05) is 60.8 Å². The van der Waals surface area contributed by atoms with E-state index in [4.69, 9.17) is 0 Å². The van der Waals surface area contributed by atoms with Crippen LogP contribution in [-0.4, -0.2) is 48.5 Å². The maximum atomic E-state index is 14.2. The van der Waals surface area contributed by atoms with Gasteiger partial charge in [-0.25, -0.2) is 4.39 Å². The van der Waals surface area contributed by atoms with Gasteiger partial charge in [0.25, 0.3) is 5.91 Å². The van der Waals surface area contributed by atoms with Crippen molar-refractivity contribution in [3.8, 4) is 0 Å². The smallest absolute Gasteiger partial charge is 0.251 e. The molecule has 2 heterocycles. The third-order valence-electron chi connectivity index (χ3n) is 5.51. The van der Waals surface area contributed by atoms with Crippen LogP contribution in [0.25, 0.3) is 0 Å². The number of para-hydroxylation sites is 1. The number of nitrogens with one attached hydrogen (secondary N) is 1. The first-order chi connectivity index (χ1) is 14.7. The Hall–Kier alpha value is -3.25. The van der Waals surface area contributed by atoms with Crippen molar-refractivity contribution >= 4 is 11.6 Å². The van der Waals surface area contributed by atoms with E-state index in [0.717, 1.165) is 31.7 Å². The van der Waals surface area contributed by atoms with E-state index in [2.05, 4.69) is 20.1 Å². The monoisotopic (exact) mass is 404 g/mol. The number of pyridine rings is 1. The maximum absolute atomic E-state index is 14.2. The minimum absolute atomic E-state index is 0.00846. The van der Waals surface area contributed by atoms with Crippen molar-refractivity contribution in [3.05, 3.63) is 96.1 Å². The summed E-state index contributed by atoms with van der Waals surface area (Å²) < 4.78 is 14.2. The molecule has 6 heteroatoms. The lowest BCUT2D eigenvalue weighted by Gasteiger charge is -2.40. The number of hydrogen-bond acceptors (Lipinski definition) is 4. The van der Waals surface area contributed by atoms with Gasteiger partial charge in [0, 0.05) is 50.7 Å². The predicted molar refractivity (Wildman–Crippen MR) is 116 cm³/mol. The van der Waals surface area contributed by atoms with Gasteiger partial charge in [-0.15, -0.1) is 0 Å². The molecule has 1 N–H and O–H groups in total. The summed E-state index contributed by atoms with van der Waals surface area (Å²) in [7, 11) is 0. The number of benzene rings is 2. The molecule has 1 fully saturated rings. The fourth-order valence-electron chi connectivity index (χ4n) is 3.89. The van der Waals surface area contributed by atoms with E-state index in [1.165, 1.54) is 6.07 Å². The third kappa shape index (κ3) is 4.66. The highest BCUT2D eigenvalue weighted by atomic mass is 19.1. The summed E-state index contributed by atoms with van der Waals surface area (Å²) in [6, 6.07) is 20.1. The number of rotatable bonds is 6. The standard InChI is InChI=1S/C24H25FN4O/c25-21-10-4-5-11-22(21)28-13-15-29(16-14-28)23(20-9-6-12-26-17-20)18-27-24(30)19-7-2-1-3-8-19/h1-12,17,23H,13-16,18H2,(H,27,30)/t23-/m1/s1. The van der Waals surface area contributed by atoms with Crippen LogP contribution >= 0.6 is 0 Å². The molecule has 2 aromatic carbocycles. The first-order valence-electron chi connectivity index (χ1n) is 10.2. The second-order valence-electron chi connectivity index (χ2n) is 7.35. The SMILES string of the molecule is O=C(NC[C@H](c1cccnc1)N1CCN(c2ccccc2F)CC1)c1ccccc1. The lowest BCUT2D eigenvalue weighted by molar-refractivity contribution is 0.0930. The van der Waals surface area contributed by atoms with Crippen LogP contribution in [0.15, 0.2) is 79.1 Å². The highest BCUT2D eigenvalue weighted by Crippen LogP contribution is 2.25. The molecule has 1 aliphatic heterocycles. The summed E-state index contributed by atoms with van der Waals surface area (Å²) in [4.78, 5) is 21.2. The van der Waals surface area contributed by atoms with Crippen LogP contribution in [0.3, 0.4) is 0 Å². The predicted octanol–water partition coefficient (Wildman–Crippen LogP) is 3.51. The zero-order chi connectivity index (χ0) is 20.8. The first-order valence-corrected chi connectivity index (χ1v) is 10.2. The van der Waals surface area contributed by atoms with Crippen molar-refractivity contribution in [1.82, 2.24) is 15.2 Å². The van der Waals surface area contributed by atoms with Crippen LogP contribution in [0.2, 0.25) is 0 Å². The number of carbonyl (C=O) groups is 1. The average molecular weight is 404 g/mol. The molecule has 0 radical (unpaired) electrons. The molecular weight excluding hydrogens is 379 g/mol. The number of anilines is 1.